The van der Waals surface area contributed by atoms with E-state index in [1.54, 1.807) is 6.92 Å². The van der Waals surface area contributed by atoms with E-state index in [-0.39, 0.29) is 16.1 Å². The molecule has 0 saturated carbocycles. The van der Waals surface area contributed by atoms with Gasteiger partial charge in [0.05, 0.1) is 5.02 Å². The van der Waals surface area contributed by atoms with E-state index in [0.29, 0.717) is 5.56 Å². The standard InChI is InChI=1S/C12H14Cl2FNO/c1-12(17,11-3-2-4-16-11)7-5-10(15)9(14)6-8(7)13/h5-6,11,16-17H,2-4H2,1H3. The van der Waals surface area contributed by atoms with Crippen LogP contribution < -0.4 is 5.32 Å². The van der Waals surface area contributed by atoms with Crippen LogP contribution in [0.25, 0.3) is 0 Å². The lowest BCUT2D eigenvalue weighted by atomic mass is 9.87. The fourth-order valence-corrected chi connectivity index (χ4v) is 2.84. The van der Waals surface area contributed by atoms with E-state index in [2.05, 4.69) is 5.32 Å². The molecule has 1 aromatic rings. The van der Waals surface area contributed by atoms with Gasteiger partial charge in [-0.15, -0.1) is 0 Å². The Kier molecular flexibility index (Phi) is 3.64. The third kappa shape index (κ3) is 2.43. The zero-order valence-corrected chi connectivity index (χ0v) is 10.9. The first-order valence-corrected chi connectivity index (χ1v) is 6.29. The number of aliphatic hydroxyl groups is 1. The van der Waals surface area contributed by atoms with Gasteiger partial charge in [0, 0.05) is 16.6 Å². The third-order valence-corrected chi connectivity index (χ3v) is 3.90. The molecule has 2 nitrogen and oxygen atoms in total. The molecule has 1 aliphatic rings. The molecule has 1 heterocycles. The van der Waals surface area contributed by atoms with E-state index in [4.69, 9.17) is 23.2 Å². The van der Waals surface area contributed by atoms with Crippen LogP contribution >= 0.6 is 23.2 Å². The zero-order chi connectivity index (χ0) is 12.6. The Hall–Kier alpha value is -0.350. The molecule has 2 unspecified atom stereocenters. The van der Waals surface area contributed by atoms with Gasteiger partial charge in [-0.3, -0.25) is 0 Å². The van der Waals surface area contributed by atoms with Gasteiger partial charge < -0.3 is 10.4 Å². The van der Waals surface area contributed by atoms with Crippen molar-refractivity contribution in [2.45, 2.75) is 31.4 Å². The van der Waals surface area contributed by atoms with Crippen LogP contribution in [0.3, 0.4) is 0 Å². The van der Waals surface area contributed by atoms with E-state index in [9.17, 15) is 9.50 Å². The summed E-state index contributed by atoms with van der Waals surface area (Å²) in [7, 11) is 0. The molecule has 17 heavy (non-hydrogen) atoms. The highest BCUT2D eigenvalue weighted by Crippen LogP contribution is 2.36. The van der Waals surface area contributed by atoms with Crippen molar-refractivity contribution in [3.63, 3.8) is 0 Å². The molecule has 5 heteroatoms. The minimum Gasteiger partial charge on any atom is -0.384 e. The topological polar surface area (TPSA) is 32.3 Å². The molecule has 0 aromatic heterocycles. The van der Waals surface area contributed by atoms with Crippen molar-refractivity contribution < 1.29 is 9.50 Å². The summed E-state index contributed by atoms with van der Waals surface area (Å²) in [6, 6.07) is 2.43. The van der Waals surface area contributed by atoms with Crippen molar-refractivity contribution in [2.24, 2.45) is 0 Å². The Bertz CT molecular complexity index is 431. The highest BCUT2D eigenvalue weighted by Gasteiger charge is 2.37. The smallest absolute Gasteiger partial charge is 0.142 e. The average Bonchev–Trinajstić information content (AvgIpc) is 2.77. The Labute approximate surface area is 110 Å². The van der Waals surface area contributed by atoms with Crippen LogP contribution in [-0.4, -0.2) is 17.7 Å². The number of rotatable bonds is 2. The maximum Gasteiger partial charge on any atom is 0.142 e. The van der Waals surface area contributed by atoms with Crippen molar-refractivity contribution >= 4 is 23.2 Å². The molecule has 0 radical (unpaired) electrons. The van der Waals surface area contributed by atoms with E-state index < -0.39 is 11.4 Å². The van der Waals surface area contributed by atoms with Crippen molar-refractivity contribution in [1.29, 1.82) is 0 Å². The zero-order valence-electron chi connectivity index (χ0n) is 9.43. The predicted octanol–water partition coefficient (Wildman–Crippen LogP) is 3.09. The summed E-state index contributed by atoms with van der Waals surface area (Å²) in [6.45, 7) is 2.50. The van der Waals surface area contributed by atoms with Crippen LogP contribution in [0.5, 0.6) is 0 Å². The van der Waals surface area contributed by atoms with Crippen molar-refractivity contribution in [1.82, 2.24) is 5.32 Å². The van der Waals surface area contributed by atoms with Gasteiger partial charge in [0.25, 0.3) is 0 Å². The molecule has 2 N–H and O–H groups in total. The van der Waals surface area contributed by atoms with E-state index in [1.165, 1.54) is 12.1 Å². The third-order valence-electron chi connectivity index (χ3n) is 3.29. The van der Waals surface area contributed by atoms with Crippen molar-refractivity contribution in [2.75, 3.05) is 6.54 Å². The first-order valence-electron chi connectivity index (χ1n) is 5.53. The van der Waals surface area contributed by atoms with E-state index in [1.807, 2.05) is 0 Å². The molecule has 1 fully saturated rings. The molecule has 2 rings (SSSR count). The Morgan fingerprint density at radius 2 is 2.12 bits per heavy atom. The number of benzene rings is 1. The average molecular weight is 278 g/mol. The highest BCUT2D eigenvalue weighted by molar-refractivity contribution is 6.35. The summed E-state index contributed by atoms with van der Waals surface area (Å²) in [6.07, 6.45) is 1.84. The van der Waals surface area contributed by atoms with Crippen molar-refractivity contribution in [3.05, 3.63) is 33.6 Å². The molecule has 2 atom stereocenters. The van der Waals surface area contributed by atoms with Crippen LogP contribution in [0.15, 0.2) is 12.1 Å². The fraction of sp³-hybridized carbons (Fsp3) is 0.500. The van der Waals surface area contributed by atoms with Crippen molar-refractivity contribution in [3.8, 4) is 0 Å². The quantitative estimate of drug-likeness (QED) is 0.815. The molecular formula is C12H14Cl2FNO. The predicted molar refractivity (Wildman–Crippen MR) is 67.0 cm³/mol. The highest BCUT2D eigenvalue weighted by atomic mass is 35.5. The Balaban J connectivity index is 2.41. The minimum atomic E-state index is -1.20. The van der Waals surface area contributed by atoms with Gasteiger partial charge in [0.2, 0.25) is 0 Å². The summed E-state index contributed by atoms with van der Waals surface area (Å²) in [5.41, 5.74) is -0.820. The monoisotopic (exact) mass is 277 g/mol. The normalized spacial score (nSPS) is 23.7. The van der Waals surface area contributed by atoms with Gasteiger partial charge in [-0.1, -0.05) is 23.2 Å². The van der Waals surface area contributed by atoms with Crippen LogP contribution in [0.1, 0.15) is 25.3 Å². The summed E-state index contributed by atoms with van der Waals surface area (Å²) in [5.74, 6) is -0.565. The molecule has 0 amide bonds. The largest absolute Gasteiger partial charge is 0.384 e. The molecule has 1 saturated heterocycles. The summed E-state index contributed by atoms with van der Waals surface area (Å²) < 4.78 is 13.5. The summed E-state index contributed by atoms with van der Waals surface area (Å²) in [4.78, 5) is 0. The van der Waals surface area contributed by atoms with E-state index in [0.717, 1.165) is 19.4 Å². The van der Waals surface area contributed by atoms with Gasteiger partial charge >= 0.3 is 0 Å². The van der Waals surface area contributed by atoms with Crippen LogP contribution in [0.2, 0.25) is 10.0 Å². The maximum absolute atomic E-state index is 13.5. The number of hydrogen-bond acceptors (Lipinski definition) is 2. The molecule has 0 bridgehead atoms. The van der Waals surface area contributed by atoms with E-state index >= 15 is 0 Å². The fourth-order valence-electron chi connectivity index (χ4n) is 2.26. The Morgan fingerprint density at radius 3 is 2.71 bits per heavy atom. The SMILES string of the molecule is CC(O)(c1cc(F)c(Cl)cc1Cl)C1CCCN1. The first kappa shape index (κ1) is 13.1. The summed E-state index contributed by atoms with van der Waals surface area (Å²) in [5, 5.41) is 14.0. The van der Waals surface area contributed by atoms with Gasteiger partial charge in [-0.05, 0) is 38.4 Å². The number of hydrogen-bond donors (Lipinski definition) is 2. The summed E-state index contributed by atoms with van der Waals surface area (Å²) >= 11 is 11.7. The van der Waals surface area contributed by atoms with Gasteiger partial charge in [0.1, 0.15) is 11.4 Å². The second kappa shape index (κ2) is 4.73. The maximum atomic E-state index is 13.5. The van der Waals surface area contributed by atoms with Crippen LogP contribution in [0, 0.1) is 5.82 Å². The second-order valence-electron chi connectivity index (χ2n) is 4.54. The molecular weight excluding hydrogens is 264 g/mol. The Morgan fingerprint density at radius 1 is 1.41 bits per heavy atom. The lowest BCUT2D eigenvalue weighted by Crippen LogP contribution is -2.43. The lowest BCUT2D eigenvalue weighted by molar-refractivity contribution is 0.0217. The minimum absolute atomic E-state index is 0.0334. The van der Waals surface area contributed by atoms with Gasteiger partial charge in [0.15, 0.2) is 0 Å². The number of nitrogens with one attached hydrogen (secondary N) is 1. The molecule has 1 aliphatic heterocycles. The van der Waals surface area contributed by atoms with Gasteiger partial charge in [-0.2, -0.15) is 0 Å². The number of halogens is 3. The molecule has 94 valence electrons. The molecule has 1 aromatic carbocycles. The molecule has 0 spiro atoms. The lowest BCUT2D eigenvalue weighted by Gasteiger charge is -2.31. The molecule has 0 aliphatic carbocycles. The first-order chi connectivity index (χ1) is 7.93. The van der Waals surface area contributed by atoms with Gasteiger partial charge in [-0.25, -0.2) is 4.39 Å². The van der Waals surface area contributed by atoms with Crippen LogP contribution in [0.4, 0.5) is 4.39 Å². The van der Waals surface area contributed by atoms with Crippen LogP contribution in [-0.2, 0) is 5.60 Å². The second-order valence-corrected chi connectivity index (χ2v) is 5.36.